The number of rotatable bonds is 5. The molecule has 1 amide bonds. The number of hydrogen-bond acceptors (Lipinski definition) is 4. The Balaban J connectivity index is 2.18. The van der Waals surface area contributed by atoms with Crippen LogP contribution in [0.5, 0.6) is 17.2 Å². The first kappa shape index (κ1) is 16.2. The highest BCUT2D eigenvalue weighted by Gasteiger charge is 2.19. The van der Waals surface area contributed by atoms with E-state index in [9.17, 15) is 4.79 Å². The zero-order chi connectivity index (χ0) is 16.1. The first-order valence-corrected chi connectivity index (χ1v) is 7.31. The van der Waals surface area contributed by atoms with Gasteiger partial charge in [0.2, 0.25) is 11.7 Å². The van der Waals surface area contributed by atoms with Gasteiger partial charge in [-0.25, -0.2) is 0 Å². The molecule has 1 aromatic carbocycles. The van der Waals surface area contributed by atoms with Gasteiger partial charge in [0, 0.05) is 13.1 Å². The molecular formula is C17H23NO4. The molecule has 0 aliphatic carbocycles. The maximum absolute atomic E-state index is 12.5. The highest BCUT2D eigenvalue weighted by Crippen LogP contribution is 2.38. The molecule has 0 spiro atoms. The largest absolute Gasteiger partial charge is 0.493 e. The molecule has 1 aromatic rings. The van der Waals surface area contributed by atoms with Gasteiger partial charge < -0.3 is 19.1 Å². The van der Waals surface area contributed by atoms with Gasteiger partial charge in [0.05, 0.1) is 27.8 Å². The molecule has 0 saturated carbocycles. The van der Waals surface area contributed by atoms with E-state index in [1.54, 1.807) is 21.3 Å². The minimum absolute atomic E-state index is 0.113. The molecule has 0 unspecified atom stereocenters. The second-order valence-electron chi connectivity index (χ2n) is 5.36. The Morgan fingerprint density at radius 1 is 1.14 bits per heavy atom. The third kappa shape index (κ3) is 3.53. The Morgan fingerprint density at radius 3 is 2.27 bits per heavy atom. The number of amides is 1. The maximum atomic E-state index is 12.5. The topological polar surface area (TPSA) is 48.0 Å². The van der Waals surface area contributed by atoms with E-state index in [4.69, 9.17) is 14.2 Å². The lowest BCUT2D eigenvalue weighted by molar-refractivity contribution is -0.130. The summed E-state index contributed by atoms with van der Waals surface area (Å²) < 4.78 is 15.9. The molecule has 2 rings (SSSR count). The van der Waals surface area contributed by atoms with Crippen LogP contribution in [0.15, 0.2) is 23.8 Å². The fraction of sp³-hybridized carbons (Fsp3) is 0.471. The van der Waals surface area contributed by atoms with Crippen molar-refractivity contribution in [2.24, 2.45) is 0 Å². The highest BCUT2D eigenvalue weighted by atomic mass is 16.5. The molecule has 1 aliphatic rings. The van der Waals surface area contributed by atoms with Gasteiger partial charge in [-0.2, -0.15) is 0 Å². The third-order valence-electron chi connectivity index (χ3n) is 3.76. The van der Waals surface area contributed by atoms with E-state index < -0.39 is 0 Å². The lowest BCUT2D eigenvalue weighted by atomic mass is 10.1. The van der Waals surface area contributed by atoms with Gasteiger partial charge >= 0.3 is 0 Å². The van der Waals surface area contributed by atoms with Crippen LogP contribution < -0.4 is 14.2 Å². The fourth-order valence-corrected chi connectivity index (χ4v) is 2.65. The van der Waals surface area contributed by atoms with Gasteiger partial charge in [-0.3, -0.25) is 4.79 Å². The van der Waals surface area contributed by atoms with Crippen LogP contribution >= 0.6 is 0 Å². The minimum atomic E-state index is 0.113. The predicted octanol–water partition coefficient (Wildman–Crippen LogP) is 2.43. The number of carbonyl (C=O) groups is 1. The first-order valence-electron chi connectivity index (χ1n) is 7.31. The second-order valence-corrected chi connectivity index (χ2v) is 5.36. The Bertz CT molecular complexity index is 555. The molecule has 1 heterocycles. The second kappa shape index (κ2) is 7.20. The van der Waals surface area contributed by atoms with E-state index in [1.807, 2.05) is 17.0 Å². The summed E-state index contributed by atoms with van der Waals surface area (Å²) in [5.74, 6) is 1.79. The minimum Gasteiger partial charge on any atom is -0.493 e. The molecule has 5 nitrogen and oxygen atoms in total. The molecule has 0 radical (unpaired) electrons. The van der Waals surface area contributed by atoms with Gasteiger partial charge in [0.15, 0.2) is 11.5 Å². The monoisotopic (exact) mass is 305 g/mol. The molecule has 0 fully saturated rings. The van der Waals surface area contributed by atoms with Crippen molar-refractivity contribution in [1.29, 1.82) is 0 Å². The Kier molecular flexibility index (Phi) is 5.31. The molecule has 0 bridgehead atoms. The quantitative estimate of drug-likeness (QED) is 0.784. The molecule has 0 atom stereocenters. The summed E-state index contributed by atoms with van der Waals surface area (Å²) >= 11 is 0. The van der Waals surface area contributed by atoms with Crippen molar-refractivity contribution in [3.05, 3.63) is 29.3 Å². The van der Waals surface area contributed by atoms with Crippen molar-refractivity contribution < 1.29 is 19.0 Å². The number of carbonyl (C=O) groups excluding carboxylic acids is 1. The molecule has 0 N–H and O–H groups in total. The molecule has 0 saturated heterocycles. The first-order chi connectivity index (χ1) is 10.6. The van der Waals surface area contributed by atoms with Crippen molar-refractivity contribution in [3.63, 3.8) is 0 Å². The molecular weight excluding hydrogens is 282 g/mol. The van der Waals surface area contributed by atoms with Gasteiger partial charge in [-0.1, -0.05) is 11.6 Å². The molecule has 0 aromatic heterocycles. The van der Waals surface area contributed by atoms with Gasteiger partial charge in [0.1, 0.15) is 0 Å². The predicted molar refractivity (Wildman–Crippen MR) is 84.8 cm³/mol. The van der Waals surface area contributed by atoms with Crippen LogP contribution in [0.4, 0.5) is 0 Å². The van der Waals surface area contributed by atoms with Gasteiger partial charge in [-0.15, -0.1) is 0 Å². The molecule has 22 heavy (non-hydrogen) atoms. The Labute approximate surface area is 131 Å². The van der Waals surface area contributed by atoms with Gasteiger partial charge in [-0.05, 0) is 31.0 Å². The third-order valence-corrected chi connectivity index (χ3v) is 3.76. The zero-order valence-electron chi connectivity index (χ0n) is 13.6. The number of hydrogen-bond donors (Lipinski definition) is 0. The summed E-state index contributed by atoms with van der Waals surface area (Å²) in [6.45, 7) is 3.54. The summed E-state index contributed by atoms with van der Waals surface area (Å²) in [6.07, 6.45) is 3.43. The van der Waals surface area contributed by atoms with Gasteiger partial charge in [0.25, 0.3) is 0 Å². The van der Waals surface area contributed by atoms with Crippen molar-refractivity contribution in [3.8, 4) is 17.2 Å². The molecule has 120 valence electrons. The number of nitrogens with zero attached hydrogens (tertiary/aromatic N) is 1. The van der Waals surface area contributed by atoms with E-state index in [1.165, 1.54) is 5.57 Å². The summed E-state index contributed by atoms with van der Waals surface area (Å²) in [7, 11) is 4.71. The smallest absolute Gasteiger partial charge is 0.227 e. The average Bonchev–Trinajstić information content (AvgIpc) is 2.53. The maximum Gasteiger partial charge on any atom is 0.227 e. The van der Waals surface area contributed by atoms with E-state index in [-0.39, 0.29) is 5.91 Å². The SMILES string of the molecule is COc1cc(CC(=O)N2CCC=C(C)C2)cc(OC)c1OC. The van der Waals surface area contributed by atoms with Crippen LogP contribution in [0.25, 0.3) is 0 Å². The normalized spacial score (nSPS) is 14.4. The summed E-state index contributed by atoms with van der Waals surface area (Å²) in [5, 5.41) is 0. The van der Waals surface area contributed by atoms with Crippen molar-refractivity contribution in [1.82, 2.24) is 4.90 Å². The van der Waals surface area contributed by atoms with E-state index >= 15 is 0 Å². The Morgan fingerprint density at radius 2 is 1.77 bits per heavy atom. The van der Waals surface area contributed by atoms with Crippen molar-refractivity contribution >= 4 is 5.91 Å². The summed E-state index contributed by atoms with van der Waals surface area (Å²) in [6, 6.07) is 3.65. The van der Waals surface area contributed by atoms with Crippen LogP contribution in [0, 0.1) is 0 Å². The standard InChI is InChI=1S/C17H23NO4/c1-12-6-5-7-18(11-12)16(19)10-13-8-14(20-2)17(22-4)15(9-13)21-3/h6,8-9H,5,7,10-11H2,1-4H3. The number of ether oxygens (including phenoxy) is 3. The van der Waals surface area contributed by atoms with Crippen LogP contribution in [0.1, 0.15) is 18.9 Å². The molecule has 1 aliphatic heterocycles. The average molecular weight is 305 g/mol. The summed E-state index contributed by atoms with van der Waals surface area (Å²) in [5.41, 5.74) is 2.09. The van der Waals surface area contributed by atoms with E-state index in [0.717, 1.165) is 18.5 Å². The zero-order valence-corrected chi connectivity index (χ0v) is 13.6. The number of benzene rings is 1. The van der Waals surface area contributed by atoms with Crippen molar-refractivity contribution in [2.45, 2.75) is 19.8 Å². The van der Waals surface area contributed by atoms with Crippen LogP contribution in [-0.4, -0.2) is 45.2 Å². The van der Waals surface area contributed by atoms with E-state index in [0.29, 0.717) is 30.2 Å². The van der Waals surface area contributed by atoms with Crippen LogP contribution in [0.3, 0.4) is 0 Å². The fourth-order valence-electron chi connectivity index (χ4n) is 2.65. The number of methoxy groups -OCH3 is 3. The molecule has 5 heteroatoms. The Hall–Kier alpha value is -2.17. The van der Waals surface area contributed by atoms with E-state index in [2.05, 4.69) is 13.0 Å². The summed E-state index contributed by atoms with van der Waals surface area (Å²) in [4.78, 5) is 14.3. The van der Waals surface area contributed by atoms with Crippen molar-refractivity contribution in [2.75, 3.05) is 34.4 Å². The lowest BCUT2D eigenvalue weighted by Gasteiger charge is -2.26. The highest BCUT2D eigenvalue weighted by molar-refractivity contribution is 5.79. The van der Waals surface area contributed by atoms with Crippen LogP contribution in [-0.2, 0) is 11.2 Å². The lowest BCUT2D eigenvalue weighted by Crippen LogP contribution is -2.36. The van der Waals surface area contributed by atoms with Crippen LogP contribution in [0.2, 0.25) is 0 Å².